The molecule has 0 amide bonds. The number of allylic oxidation sites excluding steroid dienone is 1. The van der Waals surface area contributed by atoms with Crippen molar-refractivity contribution in [3.05, 3.63) is 84.1 Å². The van der Waals surface area contributed by atoms with Gasteiger partial charge in [-0.2, -0.15) is 0 Å². The van der Waals surface area contributed by atoms with Gasteiger partial charge < -0.3 is 19.3 Å². The third-order valence-electron chi connectivity index (χ3n) is 7.47. The highest BCUT2D eigenvalue weighted by molar-refractivity contribution is 5.32. The Morgan fingerprint density at radius 2 is 1.50 bits per heavy atom. The molecule has 5 heteroatoms. The summed E-state index contributed by atoms with van der Waals surface area (Å²) in [7, 11) is 2.14. The topological polar surface area (TPSA) is 51.2 Å². The number of rotatable bonds is 17. The number of ether oxygens (including phenoxy) is 3. The van der Waals surface area contributed by atoms with Crippen LogP contribution in [-0.2, 0) is 14.2 Å². The Labute approximate surface area is 230 Å². The number of likely N-dealkylation sites (N-methyl/N-ethyl adjacent to an activating group) is 1. The third kappa shape index (κ3) is 9.23. The average molecular weight is 524 g/mol. The van der Waals surface area contributed by atoms with Crippen LogP contribution in [0.15, 0.2) is 73.0 Å². The first-order chi connectivity index (χ1) is 18.7. The van der Waals surface area contributed by atoms with Crippen LogP contribution in [0.4, 0.5) is 0 Å². The molecule has 1 saturated heterocycles. The van der Waals surface area contributed by atoms with Gasteiger partial charge in [0.05, 0.1) is 37.2 Å². The minimum atomic E-state index is -0.555. The van der Waals surface area contributed by atoms with Gasteiger partial charge in [-0.1, -0.05) is 119 Å². The highest BCUT2D eigenvalue weighted by Crippen LogP contribution is 2.35. The molecule has 1 heterocycles. The number of hydrogen-bond acceptors (Lipinski definition) is 5. The fourth-order valence-corrected chi connectivity index (χ4v) is 5.48. The largest absolute Gasteiger partial charge is 0.471 e. The number of aliphatic hydroxyl groups is 1. The SMILES string of the molecule is C/C=C\OC1OC(CO)CC(OCCCCCCCCCC)C1N(C)C(c1ccccc1)c1ccccc1. The van der Waals surface area contributed by atoms with E-state index in [2.05, 4.69) is 79.5 Å². The van der Waals surface area contributed by atoms with Crippen LogP contribution in [-0.4, -0.2) is 54.8 Å². The van der Waals surface area contributed by atoms with Crippen molar-refractivity contribution in [3.63, 3.8) is 0 Å². The third-order valence-corrected chi connectivity index (χ3v) is 7.47. The van der Waals surface area contributed by atoms with Crippen LogP contribution in [0, 0.1) is 0 Å². The maximum Gasteiger partial charge on any atom is 0.217 e. The lowest BCUT2D eigenvalue weighted by molar-refractivity contribution is -0.246. The molecular weight excluding hydrogens is 474 g/mol. The summed E-state index contributed by atoms with van der Waals surface area (Å²) >= 11 is 0. The van der Waals surface area contributed by atoms with Crippen LogP contribution < -0.4 is 0 Å². The number of nitrogens with zero attached hydrogens (tertiary/aromatic N) is 1. The first-order valence-electron chi connectivity index (χ1n) is 14.7. The van der Waals surface area contributed by atoms with Gasteiger partial charge in [0.15, 0.2) is 0 Å². The summed E-state index contributed by atoms with van der Waals surface area (Å²) in [5.74, 6) is 0. The van der Waals surface area contributed by atoms with Gasteiger partial charge in [0.1, 0.15) is 0 Å². The Morgan fingerprint density at radius 3 is 2.05 bits per heavy atom. The van der Waals surface area contributed by atoms with Crippen molar-refractivity contribution in [1.29, 1.82) is 0 Å². The molecule has 210 valence electrons. The van der Waals surface area contributed by atoms with E-state index >= 15 is 0 Å². The summed E-state index contributed by atoms with van der Waals surface area (Å²) in [6.45, 7) is 4.85. The number of hydrogen-bond donors (Lipinski definition) is 1. The molecule has 2 aromatic rings. The molecule has 1 aliphatic heterocycles. The summed E-state index contributed by atoms with van der Waals surface area (Å²) in [4.78, 5) is 2.34. The fourth-order valence-electron chi connectivity index (χ4n) is 5.48. The standard InChI is InChI=1S/C33H49NO4/c1-4-6-7-8-9-10-11-18-24-36-30-25-29(26-35)38-33(37-23-5-2)32(30)34(3)31(27-19-14-12-15-20-27)28-21-16-13-17-22-28/h5,12-17,19-23,29-33,35H,4,6-11,18,24-26H2,1-3H3/b23-5-. The molecule has 0 spiro atoms. The van der Waals surface area contributed by atoms with Crippen molar-refractivity contribution in [2.45, 2.75) is 102 Å². The van der Waals surface area contributed by atoms with E-state index in [4.69, 9.17) is 14.2 Å². The molecule has 1 fully saturated rings. The maximum atomic E-state index is 10.0. The zero-order valence-electron chi connectivity index (χ0n) is 23.7. The highest BCUT2D eigenvalue weighted by atomic mass is 16.7. The summed E-state index contributed by atoms with van der Waals surface area (Å²) in [5.41, 5.74) is 2.41. The monoisotopic (exact) mass is 523 g/mol. The van der Waals surface area contributed by atoms with E-state index in [0.717, 1.165) is 6.42 Å². The predicted molar refractivity (Wildman–Crippen MR) is 155 cm³/mol. The Hall–Kier alpha value is -2.18. The van der Waals surface area contributed by atoms with Crippen molar-refractivity contribution in [1.82, 2.24) is 4.90 Å². The van der Waals surface area contributed by atoms with E-state index in [1.807, 2.05) is 13.0 Å². The molecule has 2 aromatic carbocycles. The van der Waals surface area contributed by atoms with Crippen LogP contribution in [0.2, 0.25) is 0 Å². The van der Waals surface area contributed by atoms with Gasteiger partial charge in [0.25, 0.3) is 0 Å². The van der Waals surface area contributed by atoms with Gasteiger partial charge >= 0.3 is 0 Å². The van der Waals surface area contributed by atoms with Gasteiger partial charge in [0, 0.05) is 13.0 Å². The van der Waals surface area contributed by atoms with Gasteiger partial charge in [-0.25, -0.2) is 0 Å². The Kier molecular flexibility index (Phi) is 13.9. The van der Waals surface area contributed by atoms with Crippen LogP contribution in [0.5, 0.6) is 0 Å². The molecule has 38 heavy (non-hydrogen) atoms. The van der Waals surface area contributed by atoms with Crippen LogP contribution in [0.25, 0.3) is 0 Å². The van der Waals surface area contributed by atoms with Crippen molar-refractivity contribution in [2.24, 2.45) is 0 Å². The minimum absolute atomic E-state index is 0.00241. The zero-order chi connectivity index (χ0) is 27.0. The van der Waals surface area contributed by atoms with E-state index in [1.165, 1.54) is 56.1 Å². The summed E-state index contributed by atoms with van der Waals surface area (Å²) in [6, 6.07) is 21.0. The second-order valence-electron chi connectivity index (χ2n) is 10.4. The van der Waals surface area contributed by atoms with Crippen molar-refractivity contribution < 1.29 is 19.3 Å². The lowest BCUT2D eigenvalue weighted by atomic mass is 9.92. The van der Waals surface area contributed by atoms with Gasteiger partial charge in [-0.15, -0.1) is 0 Å². The highest BCUT2D eigenvalue weighted by Gasteiger charge is 2.45. The zero-order valence-corrected chi connectivity index (χ0v) is 23.7. The van der Waals surface area contributed by atoms with Gasteiger partial charge in [-0.05, 0) is 31.5 Å². The van der Waals surface area contributed by atoms with Gasteiger partial charge in [0.2, 0.25) is 6.29 Å². The second-order valence-corrected chi connectivity index (χ2v) is 10.4. The molecule has 1 aliphatic rings. The van der Waals surface area contributed by atoms with Crippen LogP contribution >= 0.6 is 0 Å². The van der Waals surface area contributed by atoms with E-state index in [1.54, 1.807) is 6.26 Å². The van der Waals surface area contributed by atoms with Crippen molar-refractivity contribution in [3.8, 4) is 0 Å². The maximum absolute atomic E-state index is 10.0. The van der Waals surface area contributed by atoms with E-state index in [9.17, 15) is 5.11 Å². The number of unbranched alkanes of at least 4 members (excludes halogenated alkanes) is 7. The normalized spacial score (nSPS) is 21.9. The molecular formula is C33H49NO4. The smallest absolute Gasteiger partial charge is 0.217 e. The summed E-state index contributed by atoms with van der Waals surface area (Å²) in [6.07, 6.45) is 13.3. The Bertz CT molecular complexity index is 851. The number of benzene rings is 2. The molecule has 0 saturated carbocycles. The van der Waals surface area contributed by atoms with E-state index in [0.29, 0.717) is 13.0 Å². The quantitative estimate of drug-likeness (QED) is 0.175. The Balaban J connectivity index is 1.77. The van der Waals surface area contributed by atoms with Crippen LogP contribution in [0.1, 0.15) is 88.8 Å². The predicted octanol–water partition coefficient (Wildman–Crippen LogP) is 7.26. The van der Waals surface area contributed by atoms with Gasteiger partial charge in [-0.3, -0.25) is 4.90 Å². The molecule has 0 aliphatic carbocycles. The van der Waals surface area contributed by atoms with Crippen LogP contribution in [0.3, 0.4) is 0 Å². The average Bonchev–Trinajstić information content (AvgIpc) is 2.96. The molecule has 4 unspecified atom stereocenters. The molecule has 5 nitrogen and oxygen atoms in total. The molecule has 4 atom stereocenters. The fraction of sp³-hybridized carbons (Fsp3) is 0.576. The number of aliphatic hydroxyl groups excluding tert-OH is 1. The summed E-state index contributed by atoms with van der Waals surface area (Å²) < 4.78 is 19.0. The molecule has 0 radical (unpaired) electrons. The van der Waals surface area contributed by atoms with E-state index < -0.39 is 6.29 Å². The molecule has 3 rings (SSSR count). The lowest BCUT2D eigenvalue weighted by Crippen LogP contribution is -2.58. The molecule has 0 bridgehead atoms. The second kappa shape index (κ2) is 17.4. The first-order valence-corrected chi connectivity index (χ1v) is 14.7. The summed E-state index contributed by atoms with van der Waals surface area (Å²) in [5, 5.41) is 10.0. The van der Waals surface area contributed by atoms with E-state index in [-0.39, 0.29) is 30.9 Å². The molecule has 1 N–H and O–H groups in total. The van der Waals surface area contributed by atoms with Crippen molar-refractivity contribution in [2.75, 3.05) is 20.3 Å². The molecule has 0 aromatic heterocycles. The first kappa shape index (κ1) is 30.4. The van der Waals surface area contributed by atoms with Crippen molar-refractivity contribution >= 4 is 0 Å². The minimum Gasteiger partial charge on any atom is -0.471 e. The Morgan fingerprint density at radius 1 is 0.921 bits per heavy atom. The lowest BCUT2D eigenvalue weighted by Gasteiger charge is -2.47.